The standard InChI is InChI=1S/C20H23ClFN3O3S/c1-15(20(26)23-14-16-6-2-3-7-17(16)21)24-10-12-25(13-11-24)29(27,28)19-9-5-4-8-18(19)22/h2-9,15H,10-14H2,1H3,(H,23,26). The van der Waals surface area contributed by atoms with Crippen LogP contribution < -0.4 is 5.32 Å². The summed E-state index contributed by atoms with van der Waals surface area (Å²) in [5, 5.41) is 3.46. The molecule has 6 nitrogen and oxygen atoms in total. The third kappa shape index (κ3) is 4.95. The number of benzene rings is 2. The van der Waals surface area contributed by atoms with E-state index >= 15 is 0 Å². The van der Waals surface area contributed by atoms with E-state index in [4.69, 9.17) is 11.6 Å². The number of carbonyl (C=O) groups excluding carboxylic acids is 1. The van der Waals surface area contributed by atoms with Gasteiger partial charge in [0.2, 0.25) is 15.9 Å². The molecule has 3 rings (SSSR count). The van der Waals surface area contributed by atoms with Crippen LogP contribution in [-0.2, 0) is 21.4 Å². The van der Waals surface area contributed by atoms with Crippen molar-refractivity contribution in [3.8, 4) is 0 Å². The van der Waals surface area contributed by atoms with E-state index in [-0.39, 0.29) is 23.9 Å². The van der Waals surface area contributed by atoms with Crippen molar-refractivity contribution in [3.05, 3.63) is 64.9 Å². The van der Waals surface area contributed by atoms with Crippen LogP contribution in [0.1, 0.15) is 12.5 Å². The summed E-state index contributed by atoms with van der Waals surface area (Å²) in [6.45, 7) is 3.26. The van der Waals surface area contributed by atoms with Gasteiger partial charge in [0.15, 0.2) is 0 Å². The van der Waals surface area contributed by atoms with Crippen LogP contribution in [0.15, 0.2) is 53.4 Å². The summed E-state index contributed by atoms with van der Waals surface area (Å²) in [5.41, 5.74) is 0.829. The molecule has 29 heavy (non-hydrogen) atoms. The van der Waals surface area contributed by atoms with Gasteiger partial charge in [0.05, 0.1) is 6.04 Å². The zero-order valence-corrected chi connectivity index (χ0v) is 17.6. The van der Waals surface area contributed by atoms with Crippen LogP contribution in [0, 0.1) is 5.82 Å². The lowest BCUT2D eigenvalue weighted by Crippen LogP contribution is -2.54. The topological polar surface area (TPSA) is 69.7 Å². The second-order valence-corrected chi connectivity index (χ2v) is 9.17. The zero-order valence-electron chi connectivity index (χ0n) is 16.0. The number of amides is 1. The van der Waals surface area contributed by atoms with Crippen molar-refractivity contribution >= 4 is 27.5 Å². The lowest BCUT2D eigenvalue weighted by molar-refractivity contribution is -0.126. The molecule has 1 saturated heterocycles. The molecule has 2 aromatic carbocycles. The molecular formula is C20H23ClFN3O3S. The quantitative estimate of drug-likeness (QED) is 0.750. The number of nitrogens with one attached hydrogen (secondary N) is 1. The molecule has 0 radical (unpaired) electrons. The molecule has 9 heteroatoms. The summed E-state index contributed by atoms with van der Waals surface area (Å²) >= 11 is 6.11. The van der Waals surface area contributed by atoms with Crippen LogP contribution in [0.4, 0.5) is 4.39 Å². The highest BCUT2D eigenvalue weighted by atomic mass is 35.5. The molecule has 1 aliphatic heterocycles. The Morgan fingerprint density at radius 1 is 1.10 bits per heavy atom. The monoisotopic (exact) mass is 439 g/mol. The number of rotatable bonds is 6. The van der Waals surface area contributed by atoms with Gasteiger partial charge in [-0.25, -0.2) is 12.8 Å². The maximum atomic E-state index is 13.9. The molecule has 0 aromatic heterocycles. The second kappa shape index (κ2) is 9.21. The molecule has 1 aliphatic rings. The third-order valence-corrected chi connectivity index (χ3v) is 7.37. The Kier molecular flexibility index (Phi) is 6.89. The fourth-order valence-electron chi connectivity index (χ4n) is 3.26. The Morgan fingerprint density at radius 2 is 1.72 bits per heavy atom. The van der Waals surface area contributed by atoms with Crippen LogP contribution in [0.3, 0.4) is 0 Å². The SMILES string of the molecule is CC(C(=O)NCc1ccccc1Cl)N1CCN(S(=O)(=O)c2ccccc2F)CC1. The third-order valence-electron chi connectivity index (χ3n) is 5.07. The summed E-state index contributed by atoms with van der Waals surface area (Å²) in [6, 6.07) is 12.2. The minimum Gasteiger partial charge on any atom is -0.351 e. The number of nitrogens with zero attached hydrogens (tertiary/aromatic N) is 2. The zero-order chi connectivity index (χ0) is 21.0. The minimum atomic E-state index is -3.90. The van der Waals surface area contributed by atoms with Crippen molar-refractivity contribution in [1.82, 2.24) is 14.5 Å². The molecular weight excluding hydrogens is 417 g/mol. The second-order valence-electron chi connectivity index (χ2n) is 6.86. The Labute approximate surface area is 175 Å². The molecule has 1 N–H and O–H groups in total. The first-order chi connectivity index (χ1) is 13.8. The van der Waals surface area contributed by atoms with E-state index < -0.39 is 21.9 Å². The van der Waals surface area contributed by atoms with Crippen LogP contribution >= 0.6 is 11.6 Å². The number of hydrogen-bond acceptors (Lipinski definition) is 4. The van der Waals surface area contributed by atoms with Gasteiger partial charge in [0.25, 0.3) is 0 Å². The van der Waals surface area contributed by atoms with E-state index in [0.29, 0.717) is 24.7 Å². The summed E-state index contributed by atoms with van der Waals surface area (Å²) in [5.74, 6) is -0.919. The van der Waals surface area contributed by atoms with E-state index in [1.807, 2.05) is 23.1 Å². The van der Waals surface area contributed by atoms with Gasteiger partial charge in [-0.05, 0) is 30.7 Å². The summed E-state index contributed by atoms with van der Waals surface area (Å²) < 4.78 is 40.6. The molecule has 156 valence electrons. The average molecular weight is 440 g/mol. The van der Waals surface area contributed by atoms with Gasteiger partial charge >= 0.3 is 0 Å². The number of carbonyl (C=O) groups is 1. The predicted molar refractivity (Wildman–Crippen MR) is 109 cm³/mol. The van der Waals surface area contributed by atoms with Crippen LogP contribution in [0.2, 0.25) is 5.02 Å². The Balaban J connectivity index is 1.56. The van der Waals surface area contributed by atoms with Crippen molar-refractivity contribution < 1.29 is 17.6 Å². The van der Waals surface area contributed by atoms with Gasteiger partial charge in [0.1, 0.15) is 10.7 Å². The van der Waals surface area contributed by atoms with E-state index in [9.17, 15) is 17.6 Å². The van der Waals surface area contributed by atoms with E-state index in [1.54, 1.807) is 13.0 Å². The minimum absolute atomic E-state index is 0.157. The highest BCUT2D eigenvalue weighted by Gasteiger charge is 2.33. The van der Waals surface area contributed by atoms with Crippen LogP contribution in [0.25, 0.3) is 0 Å². The first-order valence-corrected chi connectivity index (χ1v) is 11.1. The Hall–Kier alpha value is -2.00. The van der Waals surface area contributed by atoms with Crippen molar-refractivity contribution in [2.45, 2.75) is 24.4 Å². The van der Waals surface area contributed by atoms with Gasteiger partial charge in [0, 0.05) is 37.7 Å². The molecule has 0 spiro atoms. The number of piperazine rings is 1. The molecule has 1 fully saturated rings. The summed E-state index contributed by atoms with van der Waals surface area (Å²) in [6.07, 6.45) is 0. The average Bonchev–Trinajstić information content (AvgIpc) is 2.72. The first kappa shape index (κ1) is 21.7. The molecule has 0 bridgehead atoms. The highest BCUT2D eigenvalue weighted by Crippen LogP contribution is 2.21. The fourth-order valence-corrected chi connectivity index (χ4v) is 4.95. The maximum absolute atomic E-state index is 13.9. The van der Waals surface area contributed by atoms with Crippen molar-refractivity contribution in [3.63, 3.8) is 0 Å². The van der Waals surface area contributed by atoms with Gasteiger partial charge in [-0.3, -0.25) is 9.69 Å². The van der Waals surface area contributed by atoms with Crippen molar-refractivity contribution in [2.24, 2.45) is 0 Å². The van der Waals surface area contributed by atoms with Gasteiger partial charge in [-0.15, -0.1) is 0 Å². The highest BCUT2D eigenvalue weighted by molar-refractivity contribution is 7.89. The maximum Gasteiger partial charge on any atom is 0.246 e. The van der Waals surface area contributed by atoms with Gasteiger partial charge < -0.3 is 5.32 Å². The first-order valence-electron chi connectivity index (χ1n) is 9.30. The van der Waals surface area contributed by atoms with E-state index in [1.165, 1.54) is 22.5 Å². The predicted octanol–water partition coefficient (Wildman–Crippen LogP) is 2.49. The fraction of sp³-hybridized carbons (Fsp3) is 0.350. The molecule has 1 atom stereocenters. The number of halogens is 2. The molecule has 1 unspecified atom stereocenters. The van der Waals surface area contributed by atoms with Crippen molar-refractivity contribution in [2.75, 3.05) is 26.2 Å². The van der Waals surface area contributed by atoms with Crippen LogP contribution in [0.5, 0.6) is 0 Å². The number of sulfonamides is 1. The van der Waals surface area contributed by atoms with Gasteiger partial charge in [-0.1, -0.05) is 41.9 Å². The number of hydrogen-bond donors (Lipinski definition) is 1. The lowest BCUT2D eigenvalue weighted by Gasteiger charge is -2.36. The normalized spacial score (nSPS) is 17.1. The Bertz CT molecular complexity index is 978. The molecule has 0 aliphatic carbocycles. The van der Waals surface area contributed by atoms with Crippen LogP contribution in [-0.4, -0.2) is 55.8 Å². The lowest BCUT2D eigenvalue weighted by atomic mass is 10.2. The summed E-state index contributed by atoms with van der Waals surface area (Å²) in [7, 11) is -3.90. The van der Waals surface area contributed by atoms with Crippen molar-refractivity contribution in [1.29, 1.82) is 0 Å². The van der Waals surface area contributed by atoms with Gasteiger partial charge in [-0.2, -0.15) is 4.31 Å². The van der Waals surface area contributed by atoms with E-state index in [2.05, 4.69) is 5.32 Å². The van der Waals surface area contributed by atoms with E-state index in [0.717, 1.165) is 11.6 Å². The molecule has 0 saturated carbocycles. The Morgan fingerprint density at radius 3 is 2.38 bits per heavy atom. The summed E-state index contributed by atoms with van der Waals surface area (Å²) in [4.78, 5) is 14.1. The molecule has 2 aromatic rings. The smallest absolute Gasteiger partial charge is 0.246 e. The molecule has 1 amide bonds. The largest absolute Gasteiger partial charge is 0.351 e. The molecule has 1 heterocycles.